The highest BCUT2D eigenvalue weighted by atomic mass is 19.1. The van der Waals surface area contributed by atoms with E-state index >= 15 is 0 Å². The van der Waals surface area contributed by atoms with Crippen molar-refractivity contribution < 1.29 is 14.3 Å². The largest absolute Gasteiger partial charge is 0.389 e. The molecule has 0 aromatic heterocycles. The molecule has 2 saturated carbocycles. The lowest BCUT2D eigenvalue weighted by Crippen LogP contribution is -2.38. The molecule has 3 nitrogen and oxygen atoms in total. The van der Waals surface area contributed by atoms with Crippen molar-refractivity contribution in [2.45, 2.75) is 56.0 Å². The Labute approximate surface area is 124 Å². The Hall–Kier alpha value is -1.42. The Morgan fingerprint density at radius 1 is 1.19 bits per heavy atom. The molecule has 0 spiro atoms. The highest BCUT2D eigenvalue weighted by Crippen LogP contribution is 2.48. The van der Waals surface area contributed by atoms with Crippen molar-refractivity contribution in [1.29, 1.82) is 0 Å². The minimum Gasteiger partial charge on any atom is -0.389 e. The Morgan fingerprint density at radius 3 is 2.48 bits per heavy atom. The normalized spacial score (nSPS) is 22.0. The maximum Gasteiger partial charge on any atom is 0.222 e. The van der Waals surface area contributed by atoms with Crippen LogP contribution >= 0.6 is 0 Å². The molecule has 0 aliphatic heterocycles. The highest BCUT2D eigenvalue weighted by molar-refractivity contribution is 5.77. The quantitative estimate of drug-likeness (QED) is 0.876. The van der Waals surface area contributed by atoms with Gasteiger partial charge in [-0.1, -0.05) is 31.0 Å². The average molecular weight is 291 g/mol. The zero-order valence-electron chi connectivity index (χ0n) is 12.2. The molecular weight excluding hydrogens is 269 g/mol. The first-order valence-corrected chi connectivity index (χ1v) is 7.77. The fraction of sp³-hybridized carbons (Fsp3) is 0.588. The maximum atomic E-state index is 13.9. The summed E-state index contributed by atoms with van der Waals surface area (Å²) < 4.78 is 13.9. The van der Waals surface area contributed by atoms with Crippen LogP contribution in [0.4, 0.5) is 4.39 Å². The van der Waals surface area contributed by atoms with Gasteiger partial charge in [-0.15, -0.1) is 0 Å². The lowest BCUT2D eigenvalue weighted by atomic mass is 9.94. The Balaban J connectivity index is 1.58. The van der Waals surface area contributed by atoms with Crippen LogP contribution in [0.3, 0.4) is 0 Å². The summed E-state index contributed by atoms with van der Waals surface area (Å²) in [7, 11) is 0. The lowest BCUT2D eigenvalue weighted by molar-refractivity contribution is -0.126. The number of nitrogens with one attached hydrogen (secondary N) is 1. The van der Waals surface area contributed by atoms with Crippen molar-refractivity contribution in [3.63, 3.8) is 0 Å². The number of hydrogen-bond acceptors (Lipinski definition) is 2. The van der Waals surface area contributed by atoms with Gasteiger partial charge in [0, 0.05) is 12.0 Å². The van der Waals surface area contributed by atoms with Gasteiger partial charge in [0.05, 0.1) is 12.0 Å². The Morgan fingerprint density at radius 2 is 1.86 bits per heavy atom. The van der Waals surface area contributed by atoms with E-state index in [-0.39, 0.29) is 23.6 Å². The molecule has 3 rings (SSSR count). The number of carbonyl (C=O) groups excluding carboxylic acids is 1. The van der Waals surface area contributed by atoms with Gasteiger partial charge in [0.25, 0.3) is 0 Å². The number of benzene rings is 1. The molecule has 0 atom stereocenters. The molecule has 0 saturated heterocycles. The van der Waals surface area contributed by atoms with Crippen LogP contribution in [0.15, 0.2) is 24.3 Å². The van der Waals surface area contributed by atoms with Gasteiger partial charge in [0.2, 0.25) is 5.91 Å². The number of carbonyl (C=O) groups is 1. The van der Waals surface area contributed by atoms with E-state index in [2.05, 4.69) is 5.32 Å². The number of rotatable bonds is 5. The first-order valence-electron chi connectivity index (χ1n) is 7.77. The van der Waals surface area contributed by atoms with E-state index in [1.54, 1.807) is 12.1 Å². The van der Waals surface area contributed by atoms with E-state index in [4.69, 9.17) is 0 Å². The first-order chi connectivity index (χ1) is 10.0. The maximum absolute atomic E-state index is 13.9. The summed E-state index contributed by atoms with van der Waals surface area (Å²) in [5.74, 6) is -0.319. The third kappa shape index (κ3) is 3.10. The highest BCUT2D eigenvalue weighted by Gasteiger charge is 2.46. The second-order valence-electron chi connectivity index (χ2n) is 6.65. The predicted octanol–water partition coefficient (Wildman–Crippen LogP) is 2.67. The van der Waals surface area contributed by atoms with Crippen LogP contribution in [0.2, 0.25) is 0 Å². The monoisotopic (exact) mass is 291 g/mol. The van der Waals surface area contributed by atoms with Crippen LogP contribution in [0, 0.1) is 5.82 Å². The summed E-state index contributed by atoms with van der Waals surface area (Å²) in [4.78, 5) is 12.0. The molecule has 0 bridgehead atoms. The molecule has 1 aromatic rings. The number of amides is 1. The van der Waals surface area contributed by atoms with Crippen LogP contribution < -0.4 is 5.32 Å². The fourth-order valence-electron chi connectivity index (χ4n) is 3.42. The third-order valence-electron chi connectivity index (χ3n) is 4.95. The zero-order valence-corrected chi connectivity index (χ0v) is 12.2. The average Bonchev–Trinajstić information content (AvgIpc) is 3.13. The molecule has 2 aliphatic rings. The molecule has 0 unspecified atom stereocenters. The molecule has 1 aromatic carbocycles. The molecule has 21 heavy (non-hydrogen) atoms. The zero-order chi connectivity index (χ0) is 14.9. The Kier molecular flexibility index (Phi) is 3.74. The summed E-state index contributed by atoms with van der Waals surface area (Å²) in [6.45, 7) is 0.461. The molecule has 4 heteroatoms. The molecule has 0 radical (unpaired) electrons. The van der Waals surface area contributed by atoms with Gasteiger partial charge in [-0.2, -0.15) is 0 Å². The molecule has 114 valence electrons. The summed E-state index contributed by atoms with van der Waals surface area (Å²) >= 11 is 0. The molecule has 1 amide bonds. The number of hydrogen-bond donors (Lipinski definition) is 2. The van der Waals surface area contributed by atoms with Crippen molar-refractivity contribution >= 4 is 5.91 Å². The van der Waals surface area contributed by atoms with Crippen LogP contribution in [-0.4, -0.2) is 23.2 Å². The molecule has 2 aliphatic carbocycles. The third-order valence-corrected chi connectivity index (χ3v) is 4.95. The first kappa shape index (κ1) is 14.5. The van der Waals surface area contributed by atoms with Crippen LogP contribution in [-0.2, 0) is 10.2 Å². The van der Waals surface area contributed by atoms with Crippen LogP contribution in [0.25, 0.3) is 0 Å². The van der Waals surface area contributed by atoms with Gasteiger partial charge >= 0.3 is 0 Å². The van der Waals surface area contributed by atoms with Crippen molar-refractivity contribution in [1.82, 2.24) is 5.32 Å². The van der Waals surface area contributed by atoms with Gasteiger partial charge in [-0.25, -0.2) is 4.39 Å². The second-order valence-corrected chi connectivity index (χ2v) is 6.65. The minimum absolute atomic E-state index is 0.123. The van der Waals surface area contributed by atoms with Crippen molar-refractivity contribution in [2.24, 2.45) is 0 Å². The van der Waals surface area contributed by atoms with Crippen molar-refractivity contribution in [2.75, 3.05) is 6.54 Å². The van der Waals surface area contributed by atoms with E-state index in [9.17, 15) is 14.3 Å². The second kappa shape index (κ2) is 5.41. The van der Waals surface area contributed by atoms with Crippen LogP contribution in [0.1, 0.15) is 50.5 Å². The van der Waals surface area contributed by atoms with Crippen molar-refractivity contribution in [3.05, 3.63) is 35.6 Å². The van der Waals surface area contributed by atoms with Gasteiger partial charge in [-0.05, 0) is 37.3 Å². The number of halogens is 1. The van der Waals surface area contributed by atoms with Gasteiger partial charge in [0.1, 0.15) is 5.82 Å². The summed E-state index contributed by atoms with van der Waals surface area (Å²) in [5, 5.41) is 13.1. The van der Waals surface area contributed by atoms with E-state index in [1.807, 2.05) is 6.07 Å². The van der Waals surface area contributed by atoms with Gasteiger partial charge < -0.3 is 10.4 Å². The van der Waals surface area contributed by atoms with Crippen molar-refractivity contribution in [3.8, 4) is 0 Å². The molecule has 2 fully saturated rings. The van der Waals surface area contributed by atoms with E-state index in [0.717, 1.165) is 25.7 Å². The van der Waals surface area contributed by atoms with E-state index < -0.39 is 5.60 Å². The molecule has 2 N–H and O–H groups in total. The molecular formula is C17H22FNO2. The minimum atomic E-state index is -0.821. The SMILES string of the molecule is O=C(CC1(O)CCCC1)NCC1(c2ccccc2F)CC1. The van der Waals surface area contributed by atoms with Crippen LogP contribution in [0.5, 0.6) is 0 Å². The van der Waals surface area contributed by atoms with E-state index in [0.29, 0.717) is 24.9 Å². The predicted molar refractivity (Wildman–Crippen MR) is 78.4 cm³/mol. The summed E-state index contributed by atoms with van der Waals surface area (Å²) in [6, 6.07) is 6.79. The Bertz CT molecular complexity index is 533. The lowest BCUT2D eigenvalue weighted by Gasteiger charge is -2.23. The smallest absolute Gasteiger partial charge is 0.222 e. The summed E-state index contributed by atoms with van der Waals surface area (Å²) in [6.07, 6.45) is 5.36. The standard InChI is InChI=1S/C17H22FNO2/c18-14-6-2-1-5-13(14)16(9-10-16)12-19-15(20)11-17(21)7-3-4-8-17/h1-2,5-6,21H,3-4,7-12H2,(H,19,20). The number of aliphatic hydroxyl groups is 1. The van der Waals surface area contributed by atoms with Gasteiger partial charge in [-0.3, -0.25) is 4.79 Å². The van der Waals surface area contributed by atoms with E-state index in [1.165, 1.54) is 6.07 Å². The summed E-state index contributed by atoms with van der Waals surface area (Å²) in [5.41, 5.74) is -0.358. The fourth-order valence-corrected chi connectivity index (χ4v) is 3.42. The van der Waals surface area contributed by atoms with Gasteiger partial charge in [0.15, 0.2) is 0 Å². The topological polar surface area (TPSA) is 49.3 Å². The molecule has 0 heterocycles.